The zero-order chi connectivity index (χ0) is 15.4. The number of imidazole rings is 1. The standard InChI is InChI=1S/C17H15N3O2/c21-20(22)17-15(11-13-7-3-1-4-8-13)18-16(19-17)12-14-9-5-2-6-10-14/h1-10H,11-12H2,(H,18,19). The van der Waals surface area contributed by atoms with Crippen LogP contribution < -0.4 is 0 Å². The van der Waals surface area contributed by atoms with Gasteiger partial charge in [-0.2, -0.15) is 0 Å². The summed E-state index contributed by atoms with van der Waals surface area (Å²) in [5, 5.41) is 11.2. The molecule has 0 saturated heterocycles. The van der Waals surface area contributed by atoms with Crippen LogP contribution in [0.15, 0.2) is 60.7 Å². The van der Waals surface area contributed by atoms with E-state index >= 15 is 0 Å². The lowest BCUT2D eigenvalue weighted by atomic mass is 10.1. The van der Waals surface area contributed by atoms with Crippen LogP contribution in [-0.4, -0.2) is 14.9 Å². The fraction of sp³-hybridized carbons (Fsp3) is 0.118. The molecule has 5 nitrogen and oxygen atoms in total. The highest BCUT2D eigenvalue weighted by Crippen LogP contribution is 2.20. The number of benzene rings is 2. The minimum atomic E-state index is -0.403. The average Bonchev–Trinajstić information content (AvgIpc) is 2.92. The van der Waals surface area contributed by atoms with Gasteiger partial charge in [0.1, 0.15) is 5.69 Å². The normalized spacial score (nSPS) is 10.5. The van der Waals surface area contributed by atoms with Gasteiger partial charge in [0, 0.05) is 6.42 Å². The van der Waals surface area contributed by atoms with E-state index in [0.717, 1.165) is 11.1 Å². The first-order valence-corrected chi connectivity index (χ1v) is 7.02. The summed E-state index contributed by atoms with van der Waals surface area (Å²) in [6.45, 7) is 0. The van der Waals surface area contributed by atoms with Crippen LogP contribution in [0.1, 0.15) is 22.6 Å². The maximum Gasteiger partial charge on any atom is 0.344 e. The van der Waals surface area contributed by atoms with Crippen LogP contribution in [0, 0.1) is 10.1 Å². The van der Waals surface area contributed by atoms with Gasteiger partial charge >= 0.3 is 5.82 Å². The maximum absolute atomic E-state index is 11.2. The van der Waals surface area contributed by atoms with Gasteiger partial charge in [-0.1, -0.05) is 60.7 Å². The van der Waals surface area contributed by atoms with Gasteiger partial charge in [0.2, 0.25) is 0 Å². The van der Waals surface area contributed by atoms with Crippen molar-refractivity contribution < 1.29 is 4.92 Å². The molecule has 3 rings (SSSR count). The Hall–Kier alpha value is -2.95. The number of hydrogen-bond donors (Lipinski definition) is 1. The van der Waals surface area contributed by atoms with E-state index in [4.69, 9.17) is 0 Å². The Balaban J connectivity index is 1.87. The Morgan fingerprint density at radius 3 is 2.00 bits per heavy atom. The quantitative estimate of drug-likeness (QED) is 0.578. The third-order valence-electron chi connectivity index (χ3n) is 3.42. The summed E-state index contributed by atoms with van der Waals surface area (Å²) in [6.07, 6.45) is 0.999. The fourth-order valence-electron chi connectivity index (χ4n) is 2.39. The third kappa shape index (κ3) is 3.20. The van der Waals surface area contributed by atoms with Crippen LogP contribution in [0.4, 0.5) is 5.82 Å². The number of aromatic amines is 1. The number of H-pyrrole nitrogens is 1. The number of nitrogens with one attached hydrogen (secondary N) is 1. The number of aromatic nitrogens is 2. The second-order valence-electron chi connectivity index (χ2n) is 5.06. The van der Waals surface area contributed by atoms with Crippen molar-refractivity contribution >= 4 is 5.82 Å². The summed E-state index contributed by atoms with van der Waals surface area (Å²) in [7, 11) is 0. The molecular weight excluding hydrogens is 278 g/mol. The number of rotatable bonds is 5. The van der Waals surface area contributed by atoms with E-state index in [0.29, 0.717) is 24.4 Å². The molecular formula is C17H15N3O2. The minimum absolute atomic E-state index is 0.0187. The first-order valence-electron chi connectivity index (χ1n) is 7.02. The van der Waals surface area contributed by atoms with Gasteiger partial charge in [0.05, 0.1) is 6.42 Å². The fourth-order valence-corrected chi connectivity index (χ4v) is 2.39. The molecule has 0 spiro atoms. The molecule has 2 aromatic carbocycles. The van der Waals surface area contributed by atoms with Crippen molar-refractivity contribution in [1.29, 1.82) is 0 Å². The molecule has 1 heterocycles. The van der Waals surface area contributed by atoms with Crippen molar-refractivity contribution in [1.82, 2.24) is 9.97 Å². The number of hydrogen-bond acceptors (Lipinski definition) is 3. The lowest BCUT2D eigenvalue weighted by molar-refractivity contribution is -0.390. The Labute approximate surface area is 127 Å². The molecule has 1 aromatic heterocycles. The molecule has 0 bridgehead atoms. The van der Waals surface area contributed by atoms with Gasteiger partial charge in [-0.15, -0.1) is 0 Å². The van der Waals surface area contributed by atoms with Crippen molar-refractivity contribution in [3.63, 3.8) is 0 Å². The molecule has 22 heavy (non-hydrogen) atoms. The van der Waals surface area contributed by atoms with Crippen molar-refractivity contribution in [2.75, 3.05) is 0 Å². The number of nitrogens with zero attached hydrogens (tertiary/aromatic N) is 2. The lowest BCUT2D eigenvalue weighted by Gasteiger charge is -1.98. The third-order valence-corrected chi connectivity index (χ3v) is 3.42. The van der Waals surface area contributed by atoms with Gasteiger partial charge in [0.15, 0.2) is 5.82 Å². The monoisotopic (exact) mass is 293 g/mol. The van der Waals surface area contributed by atoms with E-state index in [9.17, 15) is 10.1 Å². The summed E-state index contributed by atoms with van der Waals surface area (Å²) in [5.41, 5.74) is 2.54. The Bertz CT molecular complexity index is 767. The second kappa shape index (κ2) is 6.22. The molecule has 0 saturated carbocycles. The predicted octanol–water partition coefficient (Wildman–Crippen LogP) is 3.50. The highest BCUT2D eigenvalue weighted by atomic mass is 16.6. The molecule has 3 aromatic rings. The van der Waals surface area contributed by atoms with Gasteiger partial charge in [-0.05, 0) is 16.1 Å². The predicted molar refractivity (Wildman–Crippen MR) is 83.7 cm³/mol. The van der Waals surface area contributed by atoms with Crippen LogP contribution in [0.2, 0.25) is 0 Å². The molecule has 0 aliphatic heterocycles. The molecule has 0 radical (unpaired) electrons. The Morgan fingerprint density at radius 2 is 1.45 bits per heavy atom. The van der Waals surface area contributed by atoms with Crippen LogP contribution in [0.25, 0.3) is 0 Å². The van der Waals surface area contributed by atoms with Crippen LogP contribution >= 0.6 is 0 Å². The molecule has 0 atom stereocenters. The van der Waals surface area contributed by atoms with Gasteiger partial charge in [-0.3, -0.25) is 0 Å². The smallest absolute Gasteiger partial charge is 0.344 e. The maximum atomic E-state index is 11.2. The molecule has 5 heteroatoms. The summed E-state index contributed by atoms with van der Waals surface area (Å²) >= 11 is 0. The highest BCUT2D eigenvalue weighted by Gasteiger charge is 2.20. The second-order valence-corrected chi connectivity index (χ2v) is 5.06. The first-order chi connectivity index (χ1) is 10.7. The van der Waals surface area contributed by atoms with E-state index < -0.39 is 4.92 Å². The summed E-state index contributed by atoms with van der Waals surface area (Å²) in [4.78, 5) is 18.1. The highest BCUT2D eigenvalue weighted by molar-refractivity contribution is 5.34. The van der Waals surface area contributed by atoms with Gasteiger partial charge in [-0.25, -0.2) is 9.97 Å². The zero-order valence-electron chi connectivity index (χ0n) is 11.9. The molecule has 0 fully saturated rings. The van der Waals surface area contributed by atoms with Crippen LogP contribution in [-0.2, 0) is 12.8 Å². The zero-order valence-corrected chi connectivity index (χ0v) is 11.9. The molecule has 0 aliphatic rings. The average molecular weight is 293 g/mol. The molecule has 0 aliphatic carbocycles. The van der Waals surface area contributed by atoms with Crippen LogP contribution in [0.3, 0.4) is 0 Å². The largest absolute Gasteiger partial charge is 0.358 e. The van der Waals surface area contributed by atoms with E-state index in [1.54, 1.807) is 0 Å². The van der Waals surface area contributed by atoms with Gasteiger partial charge < -0.3 is 10.1 Å². The van der Waals surface area contributed by atoms with Gasteiger partial charge in [0.25, 0.3) is 0 Å². The van der Waals surface area contributed by atoms with E-state index in [2.05, 4.69) is 9.97 Å². The Kier molecular flexibility index (Phi) is 3.96. The van der Waals surface area contributed by atoms with E-state index in [1.807, 2.05) is 60.7 Å². The first kappa shape index (κ1) is 14.0. The van der Waals surface area contributed by atoms with Crippen molar-refractivity contribution in [3.8, 4) is 0 Å². The topological polar surface area (TPSA) is 71.8 Å². The van der Waals surface area contributed by atoms with E-state index in [-0.39, 0.29) is 5.82 Å². The minimum Gasteiger partial charge on any atom is -0.358 e. The van der Waals surface area contributed by atoms with Crippen LogP contribution in [0.5, 0.6) is 0 Å². The number of nitro groups is 1. The molecule has 1 N–H and O–H groups in total. The molecule has 0 unspecified atom stereocenters. The summed E-state index contributed by atoms with van der Waals surface area (Å²) in [6, 6.07) is 19.4. The van der Waals surface area contributed by atoms with Crippen molar-refractivity contribution in [2.24, 2.45) is 0 Å². The summed E-state index contributed by atoms with van der Waals surface area (Å²) < 4.78 is 0. The van der Waals surface area contributed by atoms with Crippen molar-refractivity contribution in [3.05, 3.63) is 93.4 Å². The van der Waals surface area contributed by atoms with E-state index in [1.165, 1.54) is 0 Å². The molecule has 110 valence electrons. The lowest BCUT2D eigenvalue weighted by Crippen LogP contribution is -1.95. The SMILES string of the molecule is O=[N+]([O-])c1[nH]c(Cc2ccccc2)nc1Cc1ccccc1. The Morgan fingerprint density at radius 1 is 0.909 bits per heavy atom. The van der Waals surface area contributed by atoms with Crippen molar-refractivity contribution in [2.45, 2.75) is 12.8 Å². The molecule has 0 amide bonds. The summed E-state index contributed by atoms with van der Waals surface area (Å²) in [5.74, 6) is 0.596.